The molecule has 1 aliphatic heterocycles. The van der Waals surface area contributed by atoms with Crippen molar-refractivity contribution in [1.29, 1.82) is 0 Å². The van der Waals surface area contributed by atoms with Crippen LogP contribution in [0.3, 0.4) is 0 Å². The molecule has 2 rings (SSSR count). The Hall–Kier alpha value is -1.11. The number of aryl methyl sites for hydroxylation is 1. The lowest BCUT2D eigenvalue weighted by atomic mass is 10.1. The van der Waals surface area contributed by atoms with Gasteiger partial charge in [-0.1, -0.05) is 11.6 Å². The summed E-state index contributed by atoms with van der Waals surface area (Å²) in [5.41, 5.74) is 0.515. The summed E-state index contributed by atoms with van der Waals surface area (Å²) in [5.74, 6) is -0.919. The van der Waals surface area contributed by atoms with Gasteiger partial charge in [0.15, 0.2) is 11.2 Å². The first-order valence-corrected chi connectivity index (χ1v) is 5.70. The van der Waals surface area contributed by atoms with E-state index in [1.54, 1.807) is 11.6 Å². The highest BCUT2D eigenvalue weighted by Gasteiger charge is 2.32. The summed E-state index contributed by atoms with van der Waals surface area (Å²) in [4.78, 5) is 17.2. The molecule has 0 amide bonds. The van der Waals surface area contributed by atoms with Gasteiger partial charge in [-0.25, -0.2) is 4.98 Å². The summed E-state index contributed by atoms with van der Waals surface area (Å²) in [6.07, 6.45) is 1.52. The van der Waals surface area contributed by atoms with Gasteiger partial charge >= 0.3 is 5.97 Å². The van der Waals surface area contributed by atoms with E-state index in [1.807, 2.05) is 4.90 Å². The van der Waals surface area contributed by atoms with E-state index in [0.717, 1.165) is 0 Å². The van der Waals surface area contributed by atoms with Crippen LogP contribution in [-0.2, 0) is 16.6 Å². The fourth-order valence-electron chi connectivity index (χ4n) is 2.00. The average Bonchev–Trinajstić information content (AvgIpc) is 2.62. The Bertz CT molecular complexity index is 395. The number of ether oxygens (including phenoxy) is 1. The highest BCUT2D eigenvalue weighted by Crippen LogP contribution is 2.27. The SMILES string of the molecule is Cn1cnc(Cl)c1C(C(=O)O)N1CCOCC1. The van der Waals surface area contributed by atoms with Crippen LogP contribution in [0.4, 0.5) is 0 Å². The van der Waals surface area contributed by atoms with Gasteiger partial charge in [0.05, 0.1) is 25.2 Å². The second-order valence-corrected chi connectivity index (χ2v) is 4.28. The van der Waals surface area contributed by atoms with Crippen molar-refractivity contribution in [2.45, 2.75) is 6.04 Å². The van der Waals surface area contributed by atoms with E-state index in [9.17, 15) is 9.90 Å². The van der Waals surface area contributed by atoms with Crippen LogP contribution in [-0.4, -0.2) is 51.8 Å². The predicted molar refractivity (Wildman–Crippen MR) is 61.0 cm³/mol. The Balaban J connectivity index is 2.31. The van der Waals surface area contributed by atoms with Crippen LogP contribution in [0.1, 0.15) is 11.7 Å². The lowest BCUT2D eigenvalue weighted by Gasteiger charge is -2.32. The highest BCUT2D eigenvalue weighted by atomic mass is 35.5. The molecule has 2 heterocycles. The van der Waals surface area contributed by atoms with Crippen LogP contribution in [0.5, 0.6) is 0 Å². The van der Waals surface area contributed by atoms with Crippen molar-refractivity contribution in [3.63, 3.8) is 0 Å². The molecular formula is C10H14ClN3O3. The highest BCUT2D eigenvalue weighted by molar-refractivity contribution is 6.30. The lowest BCUT2D eigenvalue weighted by molar-refractivity contribution is -0.145. The zero-order valence-corrected chi connectivity index (χ0v) is 10.2. The number of nitrogens with zero attached hydrogens (tertiary/aromatic N) is 3. The average molecular weight is 260 g/mol. The minimum Gasteiger partial charge on any atom is -0.480 e. The summed E-state index contributed by atoms with van der Waals surface area (Å²) in [7, 11) is 1.74. The maximum Gasteiger partial charge on any atom is 0.327 e. The van der Waals surface area contributed by atoms with Crippen LogP contribution in [0.25, 0.3) is 0 Å². The van der Waals surface area contributed by atoms with E-state index >= 15 is 0 Å². The van der Waals surface area contributed by atoms with E-state index in [-0.39, 0.29) is 5.15 Å². The topological polar surface area (TPSA) is 67.6 Å². The quantitative estimate of drug-likeness (QED) is 0.858. The number of halogens is 1. The van der Waals surface area contributed by atoms with Crippen molar-refractivity contribution in [3.05, 3.63) is 17.2 Å². The number of imidazole rings is 1. The Kier molecular flexibility index (Phi) is 3.66. The Morgan fingerprint density at radius 1 is 1.59 bits per heavy atom. The first-order chi connectivity index (χ1) is 8.11. The molecule has 1 aromatic heterocycles. The van der Waals surface area contributed by atoms with Gasteiger partial charge in [-0.15, -0.1) is 0 Å². The molecule has 1 unspecified atom stereocenters. The van der Waals surface area contributed by atoms with Crippen molar-refractivity contribution >= 4 is 17.6 Å². The molecule has 1 aromatic rings. The molecule has 1 fully saturated rings. The number of hydrogen-bond acceptors (Lipinski definition) is 4. The second-order valence-electron chi connectivity index (χ2n) is 3.92. The van der Waals surface area contributed by atoms with Crippen molar-refractivity contribution in [2.75, 3.05) is 26.3 Å². The van der Waals surface area contributed by atoms with Crippen LogP contribution in [0.2, 0.25) is 5.15 Å². The van der Waals surface area contributed by atoms with E-state index in [1.165, 1.54) is 6.33 Å². The molecule has 0 aliphatic carbocycles. The molecule has 7 heteroatoms. The van der Waals surface area contributed by atoms with Crippen LogP contribution < -0.4 is 0 Å². The molecule has 6 nitrogen and oxygen atoms in total. The Morgan fingerprint density at radius 2 is 2.24 bits per heavy atom. The zero-order valence-electron chi connectivity index (χ0n) is 9.47. The second kappa shape index (κ2) is 5.03. The third-order valence-corrected chi connectivity index (χ3v) is 3.13. The Morgan fingerprint density at radius 3 is 2.71 bits per heavy atom. The van der Waals surface area contributed by atoms with Crippen molar-refractivity contribution in [2.24, 2.45) is 7.05 Å². The third-order valence-electron chi connectivity index (χ3n) is 2.84. The molecular weight excluding hydrogens is 246 g/mol. The van der Waals surface area contributed by atoms with Gasteiger partial charge in [0, 0.05) is 20.1 Å². The molecule has 1 saturated heterocycles. The van der Waals surface area contributed by atoms with Gasteiger partial charge in [0.25, 0.3) is 0 Å². The molecule has 0 spiro atoms. The first-order valence-electron chi connectivity index (χ1n) is 5.32. The fraction of sp³-hybridized carbons (Fsp3) is 0.600. The number of morpholine rings is 1. The summed E-state index contributed by atoms with van der Waals surface area (Å²) < 4.78 is 6.87. The number of hydrogen-bond donors (Lipinski definition) is 1. The molecule has 0 saturated carbocycles. The maximum atomic E-state index is 11.4. The van der Waals surface area contributed by atoms with E-state index in [4.69, 9.17) is 16.3 Å². The summed E-state index contributed by atoms with van der Waals surface area (Å²) >= 11 is 5.95. The minimum atomic E-state index is -0.919. The van der Waals surface area contributed by atoms with Gasteiger partial charge < -0.3 is 14.4 Å². The lowest BCUT2D eigenvalue weighted by Crippen LogP contribution is -2.42. The minimum absolute atomic E-state index is 0.242. The van der Waals surface area contributed by atoms with Crippen molar-refractivity contribution < 1.29 is 14.6 Å². The monoisotopic (exact) mass is 259 g/mol. The van der Waals surface area contributed by atoms with E-state index in [0.29, 0.717) is 32.0 Å². The first kappa shape index (κ1) is 12.3. The van der Waals surface area contributed by atoms with Crippen molar-refractivity contribution in [3.8, 4) is 0 Å². The fourth-order valence-corrected chi connectivity index (χ4v) is 2.28. The summed E-state index contributed by atoms with van der Waals surface area (Å²) in [6.45, 7) is 2.25. The summed E-state index contributed by atoms with van der Waals surface area (Å²) in [5, 5.41) is 9.61. The normalized spacial score (nSPS) is 19.2. The van der Waals surface area contributed by atoms with Crippen LogP contribution in [0.15, 0.2) is 6.33 Å². The molecule has 17 heavy (non-hydrogen) atoms. The standard InChI is InChI=1S/C10H14ClN3O3/c1-13-6-12-9(11)7(13)8(10(15)16)14-2-4-17-5-3-14/h6,8H,2-5H2,1H3,(H,15,16). The van der Waals surface area contributed by atoms with E-state index < -0.39 is 12.0 Å². The molecule has 0 bridgehead atoms. The molecule has 1 aliphatic rings. The number of carbonyl (C=O) groups is 1. The van der Waals surface area contributed by atoms with Gasteiger partial charge in [-0.3, -0.25) is 9.69 Å². The van der Waals surface area contributed by atoms with Crippen LogP contribution >= 0.6 is 11.6 Å². The van der Waals surface area contributed by atoms with Crippen LogP contribution in [0, 0.1) is 0 Å². The van der Waals surface area contributed by atoms with Crippen molar-refractivity contribution in [1.82, 2.24) is 14.5 Å². The third kappa shape index (κ3) is 2.43. The number of aliphatic carboxylic acids is 1. The predicted octanol–water partition coefficient (Wildman–Crippen LogP) is 0.531. The smallest absolute Gasteiger partial charge is 0.327 e. The van der Waals surface area contributed by atoms with Gasteiger partial charge in [-0.2, -0.15) is 0 Å². The van der Waals surface area contributed by atoms with Gasteiger partial charge in [0.1, 0.15) is 0 Å². The number of aromatic nitrogens is 2. The number of carboxylic acids is 1. The maximum absolute atomic E-state index is 11.4. The number of carboxylic acid groups (broad SMARTS) is 1. The molecule has 0 aromatic carbocycles. The Labute approximate surface area is 104 Å². The van der Waals surface area contributed by atoms with Gasteiger partial charge in [0.2, 0.25) is 0 Å². The molecule has 94 valence electrons. The molecule has 1 N–H and O–H groups in total. The van der Waals surface area contributed by atoms with E-state index in [2.05, 4.69) is 4.98 Å². The largest absolute Gasteiger partial charge is 0.480 e. The molecule has 0 radical (unpaired) electrons. The molecule has 1 atom stereocenters. The van der Waals surface area contributed by atoms with Gasteiger partial charge in [-0.05, 0) is 0 Å². The summed E-state index contributed by atoms with van der Waals surface area (Å²) in [6, 6.07) is -0.765. The number of rotatable bonds is 3. The zero-order chi connectivity index (χ0) is 12.4.